The first-order valence-electron chi connectivity index (χ1n) is 39.1. The molecule has 0 fully saturated rings. The molecule has 0 aliphatic rings. The summed E-state index contributed by atoms with van der Waals surface area (Å²) in [5.74, 6) is 5.44. The number of rotatable bonds is 33. The number of carbonyl (C=O) groups is 4. The minimum absolute atomic E-state index is 0.0710. The molecule has 20 heteroatoms. The summed E-state index contributed by atoms with van der Waals surface area (Å²) in [6, 6.07) is 47.5. The number of nitrogens with zero attached hydrogens (tertiary/aromatic N) is 8. The van der Waals surface area contributed by atoms with E-state index in [2.05, 4.69) is 58.9 Å². The second-order valence-corrected chi connectivity index (χ2v) is 25.3. The molecule has 0 spiro atoms. The Morgan fingerprint density at radius 1 is 0.274 bits per heavy atom. The van der Waals surface area contributed by atoms with Crippen LogP contribution in [0.2, 0.25) is 0 Å². The van der Waals surface area contributed by atoms with Crippen molar-refractivity contribution in [3.8, 4) is 45.8 Å². The molecule has 8 aromatic heterocycles. The minimum atomic E-state index is 0.0710. The molecule has 0 N–H and O–H groups in total. The van der Waals surface area contributed by atoms with Crippen molar-refractivity contribution in [1.29, 1.82) is 0 Å². The summed E-state index contributed by atoms with van der Waals surface area (Å²) < 4.78 is 45.1. The van der Waals surface area contributed by atoms with Gasteiger partial charge in [0, 0.05) is 97.5 Å². The normalized spacial score (nSPS) is 10.3. The van der Waals surface area contributed by atoms with Crippen LogP contribution in [-0.2, 0) is 96.7 Å². The van der Waals surface area contributed by atoms with Crippen LogP contribution in [0.1, 0.15) is 178 Å². The van der Waals surface area contributed by atoms with Crippen LogP contribution in [0.15, 0.2) is 213 Å². The van der Waals surface area contributed by atoms with Crippen LogP contribution >= 0.6 is 0 Å². The maximum Gasteiger partial charge on any atom is 0.226 e. The van der Waals surface area contributed by atoms with E-state index in [4.69, 9.17) is 36.6 Å². The molecule has 4 aromatic carbocycles. The van der Waals surface area contributed by atoms with Crippen LogP contribution in [-0.4, -0.2) is 89.4 Å². The van der Waals surface area contributed by atoms with Gasteiger partial charge in [0.25, 0.3) is 0 Å². The third-order valence-corrected chi connectivity index (χ3v) is 16.9. The number of benzene rings is 4. The second-order valence-electron chi connectivity index (χ2n) is 25.3. The maximum atomic E-state index is 12.0. The van der Waals surface area contributed by atoms with Crippen molar-refractivity contribution >= 4 is 23.1 Å². The summed E-state index contributed by atoms with van der Waals surface area (Å²) >= 11 is 0. The fraction of sp³-hybridized carbons (Fsp3) is 0.355. The van der Waals surface area contributed by atoms with E-state index in [0.29, 0.717) is 98.0 Å². The lowest BCUT2D eigenvalue weighted by atomic mass is 10.1. The maximum absolute atomic E-state index is 12.0. The predicted octanol–water partition coefficient (Wildman–Crippen LogP) is 20.6. The molecule has 20 nitrogen and oxygen atoms in total. The van der Waals surface area contributed by atoms with E-state index in [1.807, 2.05) is 237 Å². The van der Waals surface area contributed by atoms with Gasteiger partial charge in [0.2, 0.25) is 23.6 Å². The fourth-order valence-corrected chi connectivity index (χ4v) is 10.4. The average molecular weight is 1540 g/mol. The zero-order valence-electron chi connectivity index (χ0n) is 69.0. The van der Waals surface area contributed by atoms with Crippen molar-refractivity contribution < 1.29 is 55.8 Å². The van der Waals surface area contributed by atoms with Gasteiger partial charge in [0.05, 0.1) is 26.4 Å². The highest BCUT2D eigenvalue weighted by Gasteiger charge is 2.18. The van der Waals surface area contributed by atoms with Gasteiger partial charge in [-0.15, -0.1) is 0 Å². The average Bonchev–Trinajstić information content (AvgIpc) is 1.72. The van der Waals surface area contributed by atoms with Crippen LogP contribution in [0.25, 0.3) is 45.8 Å². The van der Waals surface area contributed by atoms with Crippen molar-refractivity contribution in [2.75, 3.05) is 26.4 Å². The van der Waals surface area contributed by atoms with Gasteiger partial charge in [0.1, 0.15) is 72.2 Å². The second kappa shape index (κ2) is 52.9. The van der Waals surface area contributed by atoms with E-state index in [1.54, 1.807) is 49.6 Å². The lowest BCUT2D eigenvalue weighted by Gasteiger charge is -2.03. The molecular formula is C93H114N8O12. The lowest BCUT2D eigenvalue weighted by Crippen LogP contribution is -2.10. The van der Waals surface area contributed by atoms with Gasteiger partial charge >= 0.3 is 0 Å². The molecule has 8 heterocycles. The number of Topliss-reactive ketones (excluding diaryl/α,β-unsaturated/α-hetero) is 4. The molecule has 0 atom stereocenters. The standard InChI is InChI=1S/C22H24N2O3.3C21H22N2O3.4C2H6/c1-3-17-4-7-19(8-5-17)22-24-21(16(2)27-22)15-26-14-20(25)9-6-18-10-12-23-13-11-18;3*1-15-3-6-18(7-4-15)21-23-20(16(2)26-21)14-25-13-19(24)8-5-17-9-11-22-12-10-17;4*1-2/h4-5,7-8,10-13H,3,6,9,14-15H2,1-2H3;3*3-4,6-7,9-12H,5,8,13-14H2,1-2H3;4*1-2H3. The summed E-state index contributed by atoms with van der Waals surface area (Å²) in [4.78, 5) is 81.7. The van der Waals surface area contributed by atoms with Gasteiger partial charge in [-0.2, -0.15) is 0 Å². The largest absolute Gasteiger partial charge is 0.441 e. The number of aryl methyl sites for hydroxylation is 12. The van der Waals surface area contributed by atoms with Gasteiger partial charge in [-0.25, -0.2) is 19.9 Å². The van der Waals surface area contributed by atoms with Crippen LogP contribution in [0.5, 0.6) is 0 Å². The SMILES string of the molecule is CC.CC.CC.CC.CCc1ccc(-c2nc(COCC(=O)CCc3ccncc3)c(C)o2)cc1.Cc1ccc(-c2nc(COCC(=O)CCc3ccncc3)c(C)o2)cc1.Cc1ccc(-c2nc(COCC(=O)CCc3ccncc3)c(C)o2)cc1.Cc1ccc(-c2nc(COCC(=O)CCc3ccncc3)c(C)o2)cc1. The van der Waals surface area contributed by atoms with Crippen molar-refractivity contribution in [3.05, 3.63) is 285 Å². The van der Waals surface area contributed by atoms with Crippen LogP contribution < -0.4 is 0 Å². The number of ether oxygens (including phenoxy) is 4. The molecule has 0 radical (unpaired) electrons. The summed E-state index contributed by atoms with van der Waals surface area (Å²) in [6.07, 6.45) is 19.5. The summed E-state index contributed by atoms with van der Waals surface area (Å²) in [7, 11) is 0. The monoisotopic (exact) mass is 1530 g/mol. The Kier molecular flexibility index (Phi) is 43.3. The molecule has 598 valence electrons. The Morgan fingerprint density at radius 3 is 0.664 bits per heavy atom. The van der Waals surface area contributed by atoms with E-state index in [9.17, 15) is 19.2 Å². The molecule has 12 rings (SSSR count). The minimum Gasteiger partial charge on any atom is -0.441 e. The molecule has 0 unspecified atom stereocenters. The quantitative estimate of drug-likeness (QED) is 0.0370. The number of pyridine rings is 4. The number of aromatic nitrogens is 8. The summed E-state index contributed by atoms with van der Waals surface area (Å²) in [5.41, 5.74) is 15.9. The highest BCUT2D eigenvalue weighted by Crippen LogP contribution is 2.27. The Balaban J connectivity index is 0.000000261. The lowest BCUT2D eigenvalue weighted by molar-refractivity contribution is -0.124. The molecule has 0 bridgehead atoms. The van der Waals surface area contributed by atoms with Crippen molar-refractivity contribution in [3.63, 3.8) is 0 Å². The summed E-state index contributed by atoms with van der Waals surface area (Å²) in [6.45, 7) is 33.1. The van der Waals surface area contributed by atoms with Crippen molar-refractivity contribution in [2.45, 2.75) is 195 Å². The molecule has 0 amide bonds. The molecular weight excluding hydrogens is 1420 g/mol. The third-order valence-electron chi connectivity index (χ3n) is 16.9. The molecule has 0 saturated heterocycles. The highest BCUT2D eigenvalue weighted by molar-refractivity contribution is 5.81. The Labute approximate surface area is 668 Å². The zero-order chi connectivity index (χ0) is 82.1. The number of hydrogen-bond acceptors (Lipinski definition) is 20. The number of carbonyl (C=O) groups excluding carboxylic acids is 4. The predicted molar refractivity (Wildman–Crippen MR) is 445 cm³/mol. The molecule has 0 saturated carbocycles. The highest BCUT2D eigenvalue weighted by atomic mass is 16.5. The fourth-order valence-electron chi connectivity index (χ4n) is 10.4. The van der Waals surface area contributed by atoms with Gasteiger partial charge < -0.3 is 36.6 Å². The smallest absolute Gasteiger partial charge is 0.226 e. The van der Waals surface area contributed by atoms with Gasteiger partial charge in [0.15, 0.2) is 23.1 Å². The molecule has 113 heavy (non-hydrogen) atoms. The Bertz CT molecular complexity index is 4270. The first kappa shape index (κ1) is 92.4. The number of ketones is 4. The van der Waals surface area contributed by atoms with Crippen LogP contribution in [0.3, 0.4) is 0 Å². The van der Waals surface area contributed by atoms with Crippen LogP contribution in [0.4, 0.5) is 0 Å². The van der Waals surface area contributed by atoms with Crippen molar-refractivity contribution in [2.24, 2.45) is 0 Å². The van der Waals surface area contributed by atoms with Gasteiger partial charge in [-0.3, -0.25) is 39.1 Å². The number of oxazole rings is 4. The van der Waals surface area contributed by atoms with E-state index in [1.165, 1.54) is 22.3 Å². The van der Waals surface area contributed by atoms with Gasteiger partial charge in [-0.05, 0) is 205 Å². The molecule has 12 aromatic rings. The summed E-state index contributed by atoms with van der Waals surface area (Å²) in [5, 5.41) is 0. The van der Waals surface area contributed by atoms with E-state index in [0.717, 1.165) is 73.7 Å². The van der Waals surface area contributed by atoms with E-state index >= 15 is 0 Å². The van der Waals surface area contributed by atoms with E-state index < -0.39 is 0 Å². The molecule has 0 aliphatic carbocycles. The Hall–Kier alpha value is -11.2. The first-order chi connectivity index (χ1) is 55.0. The Morgan fingerprint density at radius 2 is 0.469 bits per heavy atom. The van der Waals surface area contributed by atoms with E-state index in [-0.39, 0.29) is 76.0 Å². The van der Waals surface area contributed by atoms with Crippen molar-refractivity contribution in [1.82, 2.24) is 39.9 Å². The molecule has 0 aliphatic heterocycles. The first-order valence-corrected chi connectivity index (χ1v) is 39.1. The zero-order valence-corrected chi connectivity index (χ0v) is 69.0. The number of hydrogen-bond donors (Lipinski definition) is 0. The van der Waals surface area contributed by atoms with Crippen LogP contribution in [0, 0.1) is 48.5 Å². The topological polar surface area (TPSA) is 261 Å². The third kappa shape index (κ3) is 33.8. The van der Waals surface area contributed by atoms with Gasteiger partial charge in [-0.1, -0.05) is 128 Å².